The van der Waals surface area contributed by atoms with Gasteiger partial charge in [0.15, 0.2) is 0 Å². The first-order valence-electron chi connectivity index (χ1n) is 6.97. The van der Waals surface area contributed by atoms with Crippen molar-refractivity contribution in [2.75, 3.05) is 0 Å². The molecule has 0 radical (unpaired) electrons. The van der Waals surface area contributed by atoms with E-state index in [1.807, 2.05) is 6.20 Å². The predicted octanol–water partition coefficient (Wildman–Crippen LogP) is 1.58. The fourth-order valence-corrected chi connectivity index (χ4v) is 3.17. The molecule has 1 aromatic carbocycles. The zero-order valence-corrected chi connectivity index (χ0v) is 11.1. The van der Waals surface area contributed by atoms with Crippen molar-refractivity contribution in [3.63, 3.8) is 0 Å². The van der Waals surface area contributed by atoms with Crippen molar-refractivity contribution in [1.82, 2.24) is 4.98 Å². The maximum absolute atomic E-state index is 5.81. The zero-order chi connectivity index (χ0) is 12.8. The molecule has 2 nitrogen and oxygen atoms in total. The topological polar surface area (TPSA) is 22.1 Å². The molecule has 0 aliphatic heterocycles. The van der Waals surface area contributed by atoms with Crippen LogP contribution in [0.4, 0.5) is 0 Å². The second kappa shape index (κ2) is 4.12. The highest BCUT2D eigenvalue weighted by Gasteiger charge is 2.45. The summed E-state index contributed by atoms with van der Waals surface area (Å²) in [5.74, 6) is 2.48. The highest BCUT2D eigenvalue weighted by molar-refractivity contribution is 6.32. The highest BCUT2D eigenvalue weighted by Crippen LogP contribution is 2.56. The Bertz CT molecular complexity index is 640. The first kappa shape index (κ1) is 11.1. The molecule has 2 atom stereocenters. The molecule has 0 bridgehead atoms. The van der Waals surface area contributed by atoms with Crippen molar-refractivity contribution >= 4 is 13.3 Å². The third-order valence-electron chi connectivity index (χ3n) is 4.27. The summed E-state index contributed by atoms with van der Waals surface area (Å²) < 4.78 is 5.81. The Balaban J connectivity index is 1.49. The Labute approximate surface area is 114 Å². The molecule has 1 saturated carbocycles. The number of hydrogen-bond donors (Lipinski definition) is 0. The molecule has 3 heteroatoms. The molecule has 94 valence electrons. The van der Waals surface area contributed by atoms with E-state index >= 15 is 0 Å². The van der Waals surface area contributed by atoms with Crippen molar-refractivity contribution in [1.29, 1.82) is 0 Å². The number of nitrogens with zero attached hydrogens (tertiary/aromatic N) is 1. The maximum atomic E-state index is 5.81. The van der Waals surface area contributed by atoms with Gasteiger partial charge in [0.25, 0.3) is 0 Å². The van der Waals surface area contributed by atoms with Crippen LogP contribution in [-0.4, -0.2) is 12.8 Å². The number of pyridine rings is 1. The first-order valence-corrected chi connectivity index (χ1v) is 6.97. The summed E-state index contributed by atoms with van der Waals surface area (Å²) in [4.78, 5) is 4.44. The lowest BCUT2D eigenvalue weighted by atomic mass is 9.95. The molecule has 0 N–H and O–H groups in total. The van der Waals surface area contributed by atoms with Crippen molar-refractivity contribution in [2.45, 2.75) is 25.4 Å². The summed E-state index contributed by atoms with van der Waals surface area (Å²) >= 11 is 0. The quantitative estimate of drug-likeness (QED) is 0.770. The molecule has 19 heavy (non-hydrogen) atoms. The van der Waals surface area contributed by atoms with E-state index in [0.29, 0.717) is 6.61 Å². The second-order valence-electron chi connectivity index (χ2n) is 5.81. The van der Waals surface area contributed by atoms with Crippen molar-refractivity contribution < 1.29 is 4.74 Å². The lowest BCUT2D eigenvalue weighted by Crippen LogP contribution is -2.05. The van der Waals surface area contributed by atoms with E-state index in [1.165, 1.54) is 35.0 Å². The average Bonchev–Trinajstić information content (AvgIpc) is 3.08. The van der Waals surface area contributed by atoms with Crippen LogP contribution in [0.1, 0.15) is 29.0 Å². The van der Waals surface area contributed by atoms with Gasteiger partial charge in [-0.25, -0.2) is 4.98 Å². The number of fused-ring (bicyclic) bond motifs is 3. The standard InChI is InChI=1S/C16H16BNO/c17-13-3-1-2-10(4-13)9-19-16-7-12-5-11-6-14(11)15(12)8-18-16/h1-4,7-8,11,14H,5-6,9,17H2/t11-,14+/m0/s1. The van der Waals surface area contributed by atoms with Gasteiger partial charge >= 0.3 is 0 Å². The molecular formula is C16H16BNO. The van der Waals surface area contributed by atoms with Crippen LogP contribution in [0, 0.1) is 5.92 Å². The maximum Gasteiger partial charge on any atom is 0.213 e. The summed E-state index contributed by atoms with van der Waals surface area (Å²) in [5.41, 5.74) is 5.39. The summed E-state index contributed by atoms with van der Waals surface area (Å²) in [6, 6.07) is 10.6. The van der Waals surface area contributed by atoms with Gasteiger partial charge in [-0.3, -0.25) is 0 Å². The normalized spacial score (nSPS) is 22.7. The Hall–Kier alpha value is -1.77. The molecule has 0 unspecified atom stereocenters. The van der Waals surface area contributed by atoms with E-state index < -0.39 is 0 Å². The molecule has 4 rings (SSSR count). The van der Waals surface area contributed by atoms with E-state index in [4.69, 9.17) is 4.74 Å². The Kier molecular flexibility index (Phi) is 2.41. The van der Waals surface area contributed by atoms with Crippen LogP contribution in [0.5, 0.6) is 5.88 Å². The van der Waals surface area contributed by atoms with E-state index in [0.717, 1.165) is 17.7 Å². The Morgan fingerprint density at radius 2 is 2.26 bits per heavy atom. The highest BCUT2D eigenvalue weighted by atomic mass is 16.5. The van der Waals surface area contributed by atoms with Gasteiger partial charge in [0, 0.05) is 12.3 Å². The van der Waals surface area contributed by atoms with Crippen LogP contribution in [0.25, 0.3) is 0 Å². The van der Waals surface area contributed by atoms with Crippen molar-refractivity contribution in [3.05, 3.63) is 53.2 Å². The van der Waals surface area contributed by atoms with Crippen LogP contribution in [0.2, 0.25) is 0 Å². The minimum Gasteiger partial charge on any atom is -0.473 e. The van der Waals surface area contributed by atoms with Crippen LogP contribution < -0.4 is 10.2 Å². The Morgan fingerprint density at radius 1 is 1.32 bits per heavy atom. The number of aromatic nitrogens is 1. The van der Waals surface area contributed by atoms with E-state index in [1.54, 1.807) is 0 Å². The van der Waals surface area contributed by atoms with E-state index in [9.17, 15) is 0 Å². The molecule has 2 aliphatic rings. The van der Waals surface area contributed by atoms with Gasteiger partial charge in [-0.2, -0.15) is 0 Å². The molecule has 2 aliphatic carbocycles. The van der Waals surface area contributed by atoms with Gasteiger partial charge in [-0.05, 0) is 41.4 Å². The van der Waals surface area contributed by atoms with E-state index in [2.05, 4.69) is 43.2 Å². The summed E-state index contributed by atoms with van der Waals surface area (Å²) in [7, 11) is 2.10. The fourth-order valence-electron chi connectivity index (χ4n) is 3.17. The molecule has 1 heterocycles. The molecule has 0 spiro atoms. The van der Waals surface area contributed by atoms with E-state index in [-0.39, 0.29) is 0 Å². The SMILES string of the molecule is Bc1cccc(COc2cc3c(cn2)[C@@H]2C[C@@H]2C3)c1. The summed E-state index contributed by atoms with van der Waals surface area (Å²) in [5, 5.41) is 0. The third kappa shape index (κ3) is 2.03. The molecule has 0 amide bonds. The summed E-state index contributed by atoms with van der Waals surface area (Å²) in [6.07, 6.45) is 4.63. The number of ether oxygens (including phenoxy) is 1. The lowest BCUT2D eigenvalue weighted by molar-refractivity contribution is 0.293. The second-order valence-corrected chi connectivity index (χ2v) is 5.81. The zero-order valence-electron chi connectivity index (χ0n) is 11.1. The Morgan fingerprint density at radius 3 is 3.16 bits per heavy atom. The molecule has 1 aromatic heterocycles. The largest absolute Gasteiger partial charge is 0.473 e. The molecular weight excluding hydrogens is 233 g/mol. The van der Waals surface area contributed by atoms with Crippen LogP contribution >= 0.6 is 0 Å². The van der Waals surface area contributed by atoms with Crippen molar-refractivity contribution in [3.8, 4) is 5.88 Å². The van der Waals surface area contributed by atoms with Crippen molar-refractivity contribution in [2.24, 2.45) is 5.92 Å². The van der Waals surface area contributed by atoms with Crippen LogP contribution in [0.15, 0.2) is 36.5 Å². The smallest absolute Gasteiger partial charge is 0.213 e. The molecule has 2 aromatic rings. The third-order valence-corrected chi connectivity index (χ3v) is 4.27. The van der Waals surface area contributed by atoms with Gasteiger partial charge in [0.1, 0.15) is 14.5 Å². The van der Waals surface area contributed by atoms with Gasteiger partial charge in [0.05, 0.1) is 0 Å². The molecule has 0 saturated heterocycles. The first-order chi connectivity index (χ1) is 9.29. The number of benzene rings is 1. The number of rotatable bonds is 3. The summed E-state index contributed by atoms with van der Waals surface area (Å²) in [6.45, 7) is 0.598. The predicted molar refractivity (Wildman–Crippen MR) is 77.7 cm³/mol. The van der Waals surface area contributed by atoms with Gasteiger partial charge in [0.2, 0.25) is 5.88 Å². The minimum absolute atomic E-state index is 0.598. The molecule has 1 fully saturated rings. The fraction of sp³-hybridized carbons (Fsp3) is 0.312. The monoisotopic (exact) mass is 249 g/mol. The van der Waals surface area contributed by atoms with Gasteiger partial charge in [-0.1, -0.05) is 29.7 Å². The minimum atomic E-state index is 0.598. The van der Waals surface area contributed by atoms with Gasteiger partial charge in [-0.15, -0.1) is 0 Å². The van der Waals surface area contributed by atoms with Crippen LogP contribution in [0.3, 0.4) is 0 Å². The van der Waals surface area contributed by atoms with Crippen LogP contribution in [-0.2, 0) is 13.0 Å². The van der Waals surface area contributed by atoms with Gasteiger partial charge < -0.3 is 4.74 Å². The average molecular weight is 249 g/mol. The lowest BCUT2D eigenvalue weighted by Gasteiger charge is -2.08. The number of hydrogen-bond acceptors (Lipinski definition) is 2.